The van der Waals surface area contributed by atoms with Crippen LogP contribution in [0.4, 0.5) is 0 Å². The topological polar surface area (TPSA) is 56.0 Å². The van der Waals surface area contributed by atoms with Crippen LogP contribution in [0.3, 0.4) is 0 Å². The van der Waals surface area contributed by atoms with Crippen LogP contribution in [0.25, 0.3) is 0 Å². The maximum Gasteiger partial charge on any atom is 0.267 e. The third kappa shape index (κ3) is 2.16. The van der Waals surface area contributed by atoms with Crippen LogP contribution in [0.15, 0.2) is 24.4 Å². The molecule has 1 aromatic rings. The van der Waals surface area contributed by atoms with Gasteiger partial charge in [-0.1, -0.05) is 6.07 Å². The number of carbonyl (C=O) groups is 1. The molecule has 0 fully saturated rings. The molecular formula is C6H6CoN2O. The number of nitrogens with zero attached hydrogens (tertiary/aromatic N) is 1. The molecule has 1 amide bonds. The maximum absolute atomic E-state index is 10.4. The number of amides is 1. The van der Waals surface area contributed by atoms with Gasteiger partial charge in [0, 0.05) is 23.0 Å². The van der Waals surface area contributed by atoms with E-state index >= 15 is 0 Å². The van der Waals surface area contributed by atoms with Gasteiger partial charge in [0.25, 0.3) is 5.91 Å². The van der Waals surface area contributed by atoms with Crippen molar-refractivity contribution in [1.82, 2.24) is 4.98 Å². The van der Waals surface area contributed by atoms with Crippen molar-refractivity contribution in [2.75, 3.05) is 0 Å². The molecule has 1 radical (unpaired) electrons. The Kier molecular flexibility index (Phi) is 3.67. The minimum Gasteiger partial charge on any atom is -0.364 e. The predicted octanol–water partition coefficient (Wildman–Crippen LogP) is 0.178. The average molecular weight is 181 g/mol. The molecule has 1 heterocycles. The molecule has 55 valence electrons. The third-order valence-electron chi connectivity index (χ3n) is 0.917. The molecule has 0 aliphatic carbocycles. The van der Waals surface area contributed by atoms with Crippen LogP contribution >= 0.6 is 0 Å². The van der Waals surface area contributed by atoms with Crippen LogP contribution in [0.5, 0.6) is 0 Å². The summed E-state index contributed by atoms with van der Waals surface area (Å²) in [7, 11) is 0. The van der Waals surface area contributed by atoms with E-state index in [1.165, 1.54) is 6.20 Å². The monoisotopic (exact) mass is 181 g/mol. The second kappa shape index (κ2) is 4.02. The average Bonchev–Trinajstić information content (AvgIpc) is 1.90. The number of hydrogen-bond acceptors (Lipinski definition) is 2. The van der Waals surface area contributed by atoms with Gasteiger partial charge in [-0.25, -0.2) is 0 Å². The Morgan fingerprint density at radius 1 is 1.50 bits per heavy atom. The summed E-state index contributed by atoms with van der Waals surface area (Å²) in [6, 6.07) is 5.02. The zero-order valence-electron chi connectivity index (χ0n) is 5.08. The summed E-state index contributed by atoms with van der Waals surface area (Å²) in [5.74, 6) is -0.490. The summed E-state index contributed by atoms with van der Waals surface area (Å²) in [5, 5.41) is 0. The van der Waals surface area contributed by atoms with Gasteiger partial charge < -0.3 is 5.73 Å². The molecule has 1 aromatic heterocycles. The molecule has 0 aliphatic rings. The number of carbonyl (C=O) groups excluding carboxylic acids is 1. The molecular weight excluding hydrogens is 175 g/mol. The van der Waals surface area contributed by atoms with Gasteiger partial charge in [-0.05, 0) is 12.1 Å². The fourth-order valence-corrected chi connectivity index (χ4v) is 0.509. The Morgan fingerprint density at radius 2 is 2.20 bits per heavy atom. The van der Waals surface area contributed by atoms with Crippen LogP contribution in [0, 0.1) is 0 Å². The van der Waals surface area contributed by atoms with Crippen LogP contribution in [-0.2, 0) is 16.8 Å². The minimum atomic E-state index is -0.490. The van der Waals surface area contributed by atoms with Gasteiger partial charge in [0.15, 0.2) is 0 Å². The Labute approximate surface area is 68.8 Å². The SMILES string of the molecule is NC(=O)c1ccccn1.[Co]. The summed E-state index contributed by atoms with van der Waals surface area (Å²) in [4.78, 5) is 14.1. The fraction of sp³-hybridized carbons (Fsp3) is 0. The number of hydrogen-bond donors (Lipinski definition) is 1. The van der Waals surface area contributed by atoms with Crippen LogP contribution in [0.2, 0.25) is 0 Å². The molecule has 0 atom stereocenters. The quantitative estimate of drug-likeness (QED) is 0.671. The van der Waals surface area contributed by atoms with Gasteiger partial charge in [-0.3, -0.25) is 9.78 Å². The molecule has 2 N–H and O–H groups in total. The van der Waals surface area contributed by atoms with Crippen molar-refractivity contribution in [2.24, 2.45) is 5.73 Å². The summed E-state index contributed by atoms with van der Waals surface area (Å²) >= 11 is 0. The first kappa shape index (κ1) is 9.13. The van der Waals surface area contributed by atoms with Gasteiger partial charge in [-0.15, -0.1) is 0 Å². The number of aromatic nitrogens is 1. The van der Waals surface area contributed by atoms with Crippen molar-refractivity contribution in [1.29, 1.82) is 0 Å². The van der Waals surface area contributed by atoms with Crippen molar-refractivity contribution < 1.29 is 21.6 Å². The Morgan fingerprint density at radius 3 is 2.50 bits per heavy atom. The van der Waals surface area contributed by atoms with Gasteiger partial charge >= 0.3 is 0 Å². The van der Waals surface area contributed by atoms with E-state index < -0.39 is 5.91 Å². The maximum atomic E-state index is 10.4. The second-order valence-electron chi connectivity index (χ2n) is 1.58. The zero-order valence-corrected chi connectivity index (χ0v) is 6.12. The summed E-state index contributed by atoms with van der Waals surface area (Å²) < 4.78 is 0. The normalized spacial score (nSPS) is 8.00. The van der Waals surface area contributed by atoms with E-state index in [0.29, 0.717) is 5.69 Å². The molecule has 4 heteroatoms. The van der Waals surface area contributed by atoms with Gasteiger partial charge in [0.2, 0.25) is 0 Å². The summed E-state index contributed by atoms with van der Waals surface area (Å²) in [5.41, 5.74) is 5.22. The first-order valence-electron chi connectivity index (χ1n) is 2.51. The predicted molar refractivity (Wildman–Crippen MR) is 32.8 cm³/mol. The number of nitrogens with two attached hydrogens (primary N) is 1. The molecule has 0 saturated carbocycles. The molecule has 0 aromatic carbocycles. The molecule has 0 spiro atoms. The van der Waals surface area contributed by atoms with Crippen molar-refractivity contribution in [3.63, 3.8) is 0 Å². The molecule has 3 nitrogen and oxygen atoms in total. The molecule has 0 bridgehead atoms. The summed E-state index contributed by atoms with van der Waals surface area (Å²) in [6.07, 6.45) is 1.53. The summed E-state index contributed by atoms with van der Waals surface area (Å²) in [6.45, 7) is 0. The van der Waals surface area contributed by atoms with Crippen molar-refractivity contribution in [2.45, 2.75) is 0 Å². The standard InChI is InChI=1S/C6H6N2O.Co/c7-6(9)5-3-1-2-4-8-5;/h1-4H,(H2,7,9);. The van der Waals surface area contributed by atoms with Crippen LogP contribution < -0.4 is 5.73 Å². The van der Waals surface area contributed by atoms with Crippen molar-refractivity contribution >= 4 is 5.91 Å². The van der Waals surface area contributed by atoms with Gasteiger partial charge in [0.05, 0.1) is 0 Å². The minimum absolute atomic E-state index is 0. The fourth-order valence-electron chi connectivity index (χ4n) is 0.509. The largest absolute Gasteiger partial charge is 0.364 e. The van der Waals surface area contributed by atoms with E-state index in [4.69, 9.17) is 5.73 Å². The molecule has 0 saturated heterocycles. The third-order valence-corrected chi connectivity index (χ3v) is 0.917. The second-order valence-corrected chi connectivity index (χ2v) is 1.58. The molecule has 1 rings (SSSR count). The molecule has 0 unspecified atom stereocenters. The van der Waals surface area contributed by atoms with Crippen LogP contribution in [-0.4, -0.2) is 10.9 Å². The Bertz CT molecular complexity index is 212. The first-order valence-corrected chi connectivity index (χ1v) is 2.51. The number of pyridine rings is 1. The number of rotatable bonds is 1. The van der Waals surface area contributed by atoms with Crippen molar-refractivity contribution in [3.8, 4) is 0 Å². The van der Waals surface area contributed by atoms with E-state index in [1.807, 2.05) is 0 Å². The Balaban J connectivity index is 0.000000810. The van der Waals surface area contributed by atoms with E-state index in [2.05, 4.69) is 4.98 Å². The van der Waals surface area contributed by atoms with E-state index in [0.717, 1.165) is 0 Å². The number of primary amides is 1. The van der Waals surface area contributed by atoms with E-state index in [-0.39, 0.29) is 16.8 Å². The van der Waals surface area contributed by atoms with Gasteiger partial charge in [-0.2, -0.15) is 0 Å². The van der Waals surface area contributed by atoms with E-state index in [9.17, 15) is 4.79 Å². The van der Waals surface area contributed by atoms with Crippen molar-refractivity contribution in [3.05, 3.63) is 30.1 Å². The van der Waals surface area contributed by atoms with Crippen LogP contribution in [0.1, 0.15) is 10.5 Å². The molecule has 0 aliphatic heterocycles. The molecule has 10 heavy (non-hydrogen) atoms. The first-order chi connectivity index (χ1) is 4.30. The van der Waals surface area contributed by atoms with E-state index in [1.54, 1.807) is 18.2 Å². The van der Waals surface area contributed by atoms with Gasteiger partial charge in [0.1, 0.15) is 5.69 Å². The Hall–Kier alpha value is -0.874. The zero-order chi connectivity index (χ0) is 6.69. The smallest absolute Gasteiger partial charge is 0.267 e.